The number of nitrogen functional groups attached to an aromatic ring is 1. The van der Waals surface area contributed by atoms with E-state index in [2.05, 4.69) is 45.6 Å². The zero-order valence-corrected chi connectivity index (χ0v) is 11.1. The summed E-state index contributed by atoms with van der Waals surface area (Å²) in [5, 5.41) is 2.73. The number of nitrogens with zero attached hydrogens (tertiary/aromatic N) is 2. The van der Waals surface area contributed by atoms with Crippen molar-refractivity contribution in [2.75, 3.05) is 18.8 Å². The molecule has 18 heavy (non-hydrogen) atoms. The zero-order chi connectivity index (χ0) is 12.4. The number of hydrogen-bond acceptors (Lipinski definition) is 4. The average Bonchev–Trinajstić information content (AvgIpc) is 3.01. The van der Waals surface area contributed by atoms with Crippen LogP contribution in [0.3, 0.4) is 0 Å². The Bertz CT molecular complexity index is 509. The molecule has 3 nitrogen and oxygen atoms in total. The van der Waals surface area contributed by atoms with Crippen LogP contribution in [0.1, 0.15) is 23.6 Å². The fourth-order valence-electron chi connectivity index (χ4n) is 2.60. The van der Waals surface area contributed by atoms with E-state index in [0.717, 1.165) is 25.3 Å². The third kappa shape index (κ3) is 2.54. The molecule has 1 aliphatic rings. The summed E-state index contributed by atoms with van der Waals surface area (Å²) in [7, 11) is 0. The third-order valence-electron chi connectivity index (χ3n) is 3.50. The topological polar surface area (TPSA) is 42.1 Å². The molecule has 1 unspecified atom stereocenters. The van der Waals surface area contributed by atoms with Crippen molar-refractivity contribution < 1.29 is 0 Å². The summed E-state index contributed by atoms with van der Waals surface area (Å²) in [6, 6.07) is 10.8. The molecule has 0 amide bonds. The quantitative estimate of drug-likeness (QED) is 0.921. The highest BCUT2D eigenvalue weighted by molar-refractivity contribution is 7.13. The molecule has 1 saturated heterocycles. The van der Waals surface area contributed by atoms with Gasteiger partial charge in [-0.2, -0.15) is 0 Å². The van der Waals surface area contributed by atoms with Crippen LogP contribution in [0, 0.1) is 0 Å². The van der Waals surface area contributed by atoms with E-state index in [0.29, 0.717) is 11.0 Å². The van der Waals surface area contributed by atoms with Gasteiger partial charge in [-0.1, -0.05) is 30.3 Å². The molecule has 3 rings (SSSR count). The highest BCUT2D eigenvalue weighted by atomic mass is 32.1. The third-order valence-corrected chi connectivity index (χ3v) is 4.22. The standard InChI is InChI=1S/C14H17N3S/c15-14-16-13(10-18-14)9-17-7-6-12(8-17)11-4-2-1-3-5-11/h1-5,10,12H,6-9H2,(H2,15,16). The molecule has 0 radical (unpaired) electrons. The number of aromatic nitrogens is 1. The summed E-state index contributed by atoms with van der Waals surface area (Å²) < 4.78 is 0. The molecule has 2 heterocycles. The molecule has 0 aliphatic carbocycles. The molecule has 94 valence electrons. The predicted molar refractivity (Wildman–Crippen MR) is 75.6 cm³/mol. The molecule has 1 atom stereocenters. The first kappa shape index (κ1) is 11.7. The Morgan fingerprint density at radius 2 is 2.17 bits per heavy atom. The van der Waals surface area contributed by atoms with Crippen molar-refractivity contribution >= 4 is 16.5 Å². The number of nitrogens with two attached hydrogens (primary N) is 1. The maximum Gasteiger partial charge on any atom is 0.180 e. The normalized spacial score (nSPS) is 20.3. The number of benzene rings is 1. The van der Waals surface area contributed by atoms with E-state index in [4.69, 9.17) is 5.73 Å². The summed E-state index contributed by atoms with van der Waals surface area (Å²) in [5.41, 5.74) is 8.22. The smallest absolute Gasteiger partial charge is 0.180 e. The summed E-state index contributed by atoms with van der Waals surface area (Å²) in [6.45, 7) is 3.20. The van der Waals surface area contributed by atoms with Gasteiger partial charge in [-0.05, 0) is 24.4 Å². The van der Waals surface area contributed by atoms with Crippen molar-refractivity contribution in [1.82, 2.24) is 9.88 Å². The van der Waals surface area contributed by atoms with Crippen LogP contribution in [-0.2, 0) is 6.54 Å². The van der Waals surface area contributed by atoms with Gasteiger partial charge >= 0.3 is 0 Å². The van der Waals surface area contributed by atoms with Crippen molar-refractivity contribution in [2.45, 2.75) is 18.9 Å². The highest BCUT2D eigenvalue weighted by Crippen LogP contribution is 2.28. The fourth-order valence-corrected chi connectivity index (χ4v) is 3.15. The SMILES string of the molecule is Nc1nc(CN2CCC(c3ccccc3)C2)cs1. The van der Waals surface area contributed by atoms with Crippen molar-refractivity contribution in [3.05, 3.63) is 47.0 Å². The lowest BCUT2D eigenvalue weighted by atomic mass is 9.99. The molecule has 1 aliphatic heterocycles. The van der Waals surface area contributed by atoms with Gasteiger partial charge in [0.05, 0.1) is 5.69 Å². The fraction of sp³-hybridized carbons (Fsp3) is 0.357. The Morgan fingerprint density at radius 3 is 2.89 bits per heavy atom. The number of likely N-dealkylation sites (tertiary alicyclic amines) is 1. The molecule has 1 aromatic heterocycles. The lowest BCUT2D eigenvalue weighted by molar-refractivity contribution is 0.323. The van der Waals surface area contributed by atoms with Crippen LogP contribution < -0.4 is 5.73 Å². The first-order chi connectivity index (χ1) is 8.81. The summed E-state index contributed by atoms with van der Waals surface area (Å²) >= 11 is 1.52. The number of hydrogen-bond donors (Lipinski definition) is 1. The summed E-state index contributed by atoms with van der Waals surface area (Å²) in [6.07, 6.45) is 1.24. The second-order valence-electron chi connectivity index (χ2n) is 4.81. The van der Waals surface area contributed by atoms with Crippen LogP contribution in [0.4, 0.5) is 5.13 Å². The monoisotopic (exact) mass is 259 g/mol. The van der Waals surface area contributed by atoms with Crippen LogP contribution in [0.25, 0.3) is 0 Å². The van der Waals surface area contributed by atoms with Crippen molar-refractivity contribution in [2.24, 2.45) is 0 Å². The van der Waals surface area contributed by atoms with E-state index in [1.807, 2.05) is 0 Å². The lowest BCUT2D eigenvalue weighted by Crippen LogP contribution is -2.19. The molecule has 4 heteroatoms. The number of thiazole rings is 1. The molecule has 0 spiro atoms. The minimum atomic E-state index is 0.669. The van der Waals surface area contributed by atoms with Gasteiger partial charge in [0.15, 0.2) is 5.13 Å². The Balaban J connectivity index is 1.62. The first-order valence-corrected chi connectivity index (χ1v) is 7.16. The largest absolute Gasteiger partial charge is 0.375 e. The predicted octanol–water partition coefficient (Wildman–Crippen LogP) is 2.71. The maximum absolute atomic E-state index is 5.66. The Kier molecular flexibility index (Phi) is 3.30. The van der Waals surface area contributed by atoms with Crippen LogP contribution in [0.15, 0.2) is 35.7 Å². The van der Waals surface area contributed by atoms with E-state index < -0.39 is 0 Å². The Morgan fingerprint density at radius 1 is 1.33 bits per heavy atom. The van der Waals surface area contributed by atoms with Crippen molar-refractivity contribution in [3.8, 4) is 0 Å². The second-order valence-corrected chi connectivity index (χ2v) is 5.70. The van der Waals surface area contributed by atoms with Crippen molar-refractivity contribution in [3.63, 3.8) is 0 Å². The first-order valence-electron chi connectivity index (χ1n) is 6.28. The Hall–Kier alpha value is -1.39. The van der Waals surface area contributed by atoms with E-state index in [1.54, 1.807) is 0 Å². The van der Waals surface area contributed by atoms with Gasteiger partial charge in [0.1, 0.15) is 0 Å². The summed E-state index contributed by atoms with van der Waals surface area (Å²) in [4.78, 5) is 6.79. The second kappa shape index (κ2) is 5.08. The maximum atomic E-state index is 5.66. The molecule has 1 fully saturated rings. The minimum absolute atomic E-state index is 0.669. The molecule has 2 aromatic rings. The molecule has 2 N–H and O–H groups in total. The van der Waals surface area contributed by atoms with Crippen molar-refractivity contribution in [1.29, 1.82) is 0 Å². The highest BCUT2D eigenvalue weighted by Gasteiger charge is 2.23. The van der Waals surface area contributed by atoms with Gasteiger partial charge < -0.3 is 5.73 Å². The van der Waals surface area contributed by atoms with Gasteiger partial charge in [-0.25, -0.2) is 4.98 Å². The number of rotatable bonds is 3. The molecular weight excluding hydrogens is 242 g/mol. The van der Waals surface area contributed by atoms with E-state index in [1.165, 1.54) is 23.3 Å². The summed E-state index contributed by atoms with van der Waals surface area (Å²) in [5.74, 6) is 0.669. The molecule has 1 aromatic carbocycles. The molecule has 0 saturated carbocycles. The average molecular weight is 259 g/mol. The van der Waals surface area contributed by atoms with E-state index in [-0.39, 0.29) is 0 Å². The molecular formula is C14H17N3S. The lowest BCUT2D eigenvalue weighted by Gasteiger charge is -2.14. The molecule has 0 bridgehead atoms. The van der Waals surface area contributed by atoms with Crippen LogP contribution in [-0.4, -0.2) is 23.0 Å². The Labute approximate surface area is 111 Å². The number of anilines is 1. The van der Waals surface area contributed by atoms with Gasteiger partial charge in [0.2, 0.25) is 0 Å². The van der Waals surface area contributed by atoms with Crippen LogP contribution in [0.2, 0.25) is 0 Å². The van der Waals surface area contributed by atoms with Gasteiger partial charge in [0.25, 0.3) is 0 Å². The minimum Gasteiger partial charge on any atom is -0.375 e. The van der Waals surface area contributed by atoms with E-state index in [9.17, 15) is 0 Å². The van der Waals surface area contributed by atoms with Crippen LogP contribution >= 0.6 is 11.3 Å². The van der Waals surface area contributed by atoms with Crippen LogP contribution in [0.5, 0.6) is 0 Å². The van der Waals surface area contributed by atoms with Gasteiger partial charge in [-0.3, -0.25) is 4.90 Å². The van der Waals surface area contributed by atoms with E-state index >= 15 is 0 Å². The van der Waals surface area contributed by atoms with Gasteiger partial charge in [0, 0.05) is 18.5 Å². The van der Waals surface area contributed by atoms with Gasteiger partial charge in [-0.15, -0.1) is 11.3 Å². The zero-order valence-electron chi connectivity index (χ0n) is 10.2.